The molecule has 1 nitrogen and oxygen atoms in total. The second-order valence-electron chi connectivity index (χ2n) is 5.12. The van der Waals surface area contributed by atoms with Gasteiger partial charge in [0.15, 0.2) is 0 Å². The highest BCUT2D eigenvalue weighted by Crippen LogP contribution is 2.42. The first-order valence-electron chi connectivity index (χ1n) is 5.89. The van der Waals surface area contributed by atoms with Crippen molar-refractivity contribution < 1.29 is 0 Å². The van der Waals surface area contributed by atoms with Crippen molar-refractivity contribution >= 4 is 23.4 Å². The van der Waals surface area contributed by atoms with E-state index >= 15 is 0 Å². The fourth-order valence-electron chi connectivity index (χ4n) is 1.86. The van der Waals surface area contributed by atoms with Crippen molar-refractivity contribution in [2.24, 2.45) is 5.73 Å². The lowest BCUT2D eigenvalue weighted by atomic mass is 10.1. The van der Waals surface area contributed by atoms with Crippen LogP contribution in [0.4, 0.5) is 0 Å². The van der Waals surface area contributed by atoms with Crippen molar-refractivity contribution in [2.75, 3.05) is 0 Å². The molecule has 0 heterocycles. The molecule has 2 fully saturated rings. The third-order valence-electron chi connectivity index (χ3n) is 3.26. The van der Waals surface area contributed by atoms with Gasteiger partial charge in [-0.25, -0.2) is 0 Å². The fraction of sp³-hybridized carbons (Fsp3) is 0.538. The summed E-state index contributed by atoms with van der Waals surface area (Å²) in [6.45, 7) is 0. The first-order valence-corrected chi connectivity index (χ1v) is 7.14. The molecule has 0 spiro atoms. The fourth-order valence-corrected chi connectivity index (χ4v) is 3.24. The second-order valence-corrected chi connectivity index (χ2v) is 6.87. The molecule has 2 aliphatic carbocycles. The van der Waals surface area contributed by atoms with E-state index in [1.54, 1.807) is 0 Å². The summed E-state index contributed by atoms with van der Waals surface area (Å²) < 4.78 is 0. The van der Waals surface area contributed by atoms with Gasteiger partial charge in [0, 0.05) is 15.7 Å². The molecular formula is C13H16ClNS. The van der Waals surface area contributed by atoms with Gasteiger partial charge in [-0.15, -0.1) is 11.8 Å². The summed E-state index contributed by atoms with van der Waals surface area (Å²) in [4.78, 5) is 1.23. The van der Waals surface area contributed by atoms with Gasteiger partial charge in [0.1, 0.15) is 0 Å². The Kier molecular flexibility index (Phi) is 2.69. The van der Waals surface area contributed by atoms with Gasteiger partial charge in [-0.2, -0.15) is 0 Å². The highest BCUT2D eigenvalue weighted by molar-refractivity contribution is 8.00. The monoisotopic (exact) mass is 253 g/mol. The van der Waals surface area contributed by atoms with Crippen molar-refractivity contribution in [2.45, 2.75) is 47.8 Å². The molecule has 0 bridgehead atoms. The molecule has 0 radical (unpaired) electrons. The van der Waals surface area contributed by atoms with E-state index in [9.17, 15) is 0 Å². The molecule has 3 rings (SSSR count). The summed E-state index contributed by atoms with van der Waals surface area (Å²) >= 11 is 8.20. The Morgan fingerprint density at radius 2 is 2.12 bits per heavy atom. The molecule has 2 aliphatic rings. The van der Waals surface area contributed by atoms with Gasteiger partial charge < -0.3 is 5.73 Å². The van der Waals surface area contributed by atoms with E-state index in [1.807, 2.05) is 11.8 Å². The minimum Gasteiger partial charge on any atom is -0.325 e. The molecule has 2 N–H and O–H groups in total. The third-order valence-corrected chi connectivity index (χ3v) is 5.10. The number of halogens is 1. The number of benzene rings is 1. The predicted molar refractivity (Wildman–Crippen MR) is 70.2 cm³/mol. The normalized spacial score (nSPS) is 22.1. The van der Waals surface area contributed by atoms with Crippen LogP contribution in [0.2, 0.25) is 5.02 Å². The SMILES string of the molecule is NC1(Cc2ccc(SC3CC3)c(Cl)c2)CC1. The van der Waals surface area contributed by atoms with E-state index in [1.165, 1.54) is 23.3 Å². The Bertz CT molecular complexity index is 410. The topological polar surface area (TPSA) is 26.0 Å². The van der Waals surface area contributed by atoms with Crippen LogP contribution in [0.25, 0.3) is 0 Å². The van der Waals surface area contributed by atoms with Crippen molar-refractivity contribution in [3.8, 4) is 0 Å². The standard InChI is InChI=1S/C13H16ClNS/c14-11-7-9(8-13(15)5-6-13)1-4-12(11)16-10-2-3-10/h1,4,7,10H,2-3,5-6,8,15H2. The summed E-state index contributed by atoms with van der Waals surface area (Å²) in [6.07, 6.45) is 5.97. The van der Waals surface area contributed by atoms with Gasteiger partial charge in [-0.1, -0.05) is 17.7 Å². The quantitative estimate of drug-likeness (QED) is 0.887. The minimum atomic E-state index is 0.0779. The lowest BCUT2D eigenvalue weighted by Gasteiger charge is -2.10. The maximum atomic E-state index is 6.29. The molecule has 86 valence electrons. The van der Waals surface area contributed by atoms with Crippen LogP contribution in [0, 0.1) is 0 Å². The molecule has 3 heteroatoms. The molecule has 0 unspecified atom stereocenters. The molecule has 0 amide bonds. The number of hydrogen-bond acceptors (Lipinski definition) is 2. The molecule has 0 saturated heterocycles. The van der Waals surface area contributed by atoms with E-state index in [0.29, 0.717) is 0 Å². The zero-order valence-corrected chi connectivity index (χ0v) is 10.8. The molecule has 0 aliphatic heterocycles. The van der Waals surface area contributed by atoms with Crippen LogP contribution in [0.1, 0.15) is 31.2 Å². The zero-order chi connectivity index (χ0) is 11.2. The Morgan fingerprint density at radius 3 is 2.69 bits per heavy atom. The second kappa shape index (κ2) is 3.94. The molecular weight excluding hydrogens is 238 g/mol. The molecule has 0 aromatic heterocycles. The Morgan fingerprint density at radius 1 is 1.38 bits per heavy atom. The number of rotatable bonds is 4. The number of hydrogen-bond donors (Lipinski definition) is 1. The molecule has 0 atom stereocenters. The lowest BCUT2D eigenvalue weighted by Crippen LogP contribution is -2.24. The van der Waals surface area contributed by atoms with Crippen LogP contribution < -0.4 is 5.73 Å². The van der Waals surface area contributed by atoms with Crippen molar-refractivity contribution in [1.29, 1.82) is 0 Å². The summed E-state index contributed by atoms with van der Waals surface area (Å²) in [6, 6.07) is 6.44. The van der Waals surface area contributed by atoms with Crippen molar-refractivity contribution in [3.05, 3.63) is 28.8 Å². The average Bonchev–Trinajstić information content (AvgIpc) is 3.11. The Labute approximate surface area is 106 Å². The highest BCUT2D eigenvalue weighted by Gasteiger charge is 2.38. The maximum Gasteiger partial charge on any atom is 0.0544 e. The van der Waals surface area contributed by atoms with Gasteiger partial charge in [0.2, 0.25) is 0 Å². The average molecular weight is 254 g/mol. The van der Waals surface area contributed by atoms with Crippen LogP contribution in [0.3, 0.4) is 0 Å². The van der Waals surface area contributed by atoms with E-state index < -0.39 is 0 Å². The number of thioether (sulfide) groups is 1. The smallest absolute Gasteiger partial charge is 0.0544 e. The summed E-state index contributed by atoms with van der Waals surface area (Å²) in [5.74, 6) is 0. The van der Waals surface area contributed by atoms with Crippen LogP contribution in [0.15, 0.2) is 23.1 Å². The largest absolute Gasteiger partial charge is 0.325 e. The highest BCUT2D eigenvalue weighted by atomic mass is 35.5. The van der Waals surface area contributed by atoms with E-state index in [4.69, 9.17) is 17.3 Å². The van der Waals surface area contributed by atoms with Gasteiger partial charge in [-0.3, -0.25) is 0 Å². The van der Waals surface area contributed by atoms with Crippen molar-refractivity contribution in [1.82, 2.24) is 0 Å². The van der Waals surface area contributed by atoms with Crippen LogP contribution in [-0.2, 0) is 6.42 Å². The van der Waals surface area contributed by atoms with Crippen LogP contribution in [0.5, 0.6) is 0 Å². The summed E-state index contributed by atoms with van der Waals surface area (Å²) in [7, 11) is 0. The van der Waals surface area contributed by atoms with E-state index in [-0.39, 0.29) is 5.54 Å². The van der Waals surface area contributed by atoms with Crippen molar-refractivity contribution in [3.63, 3.8) is 0 Å². The van der Waals surface area contributed by atoms with Gasteiger partial charge >= 0.3 is 0 Å². The predicted octanol–water partition coefficient (Wildman–Crippen LogP) is 3.63. The lowest BCUT2D eigenvalue weighted by molar-refractivity contribution is 0.672. The van der Waals surface area contributed by atoms with Gasteiger partial charge in [-0.05, 0) is 49.8 Å². The molecule has 16 heavy (non-hydrogen) atoms. The zero-order valence-electron chi connectivity index (χ0n) is 9.21. The molecule has 1 aromatic carbocycles. The third kappa shape index (κ3) is 2.55. The first-order chi connectivity index (χ1) is 7.65. The Balaban J connectivity index is 1.73. The van der Waals surface area contributed by atoms with E-state index in [0.717, 1.165) is 29.5 Å². The molecule has 2 saturated carbocycles. The summed E-state index contributed by atoms with van der Waals surface area (Å²) in [5, 5.41) is 1.71. The van der Waals surface area contributed by atoms with E-state index in [2.05, 4.69) is 18.2 Å². The molecule has 1 aromatic rings. The first kappa shape index (κ1) is 10.9. The number of nitrogens with two attached hydrogens (primary N) is 1. The van der Waals surface area contributed by atoms with Gasteiger partial charge in [0.05, 0.1) is 5.02 Å². The maximum absolute atomic E-state index is 6.29. The minimum absolute atomic E-state index is 0.0779. The summed E-state index contributed by atoms with van der Waals surface area (Å²) in [5.41, 5.74) is 7.47. The van der Waals surface area contributed by atoms with Gasteiger partial charge in [0.25, 0.3) is 0 Å². The van der Waals surface area contributed by atoms with Crippen LogP contribution >= 0.6 is 23.4 Å². The van der Waals surface area contributed by atoms with Crippen LogP contribution in [-0.4, -0.2) is 10.8 Å². The Hall–Kier alpha value is -0.180.